The van der Waals surface area contributed by atoms with Crippen LogP contribution in [-0.4, -0.2) is 0 Å². The molecule has 0 aromatic heterocycles. The third-order valence-corrected chi connectivity index (χ3v) is 1.84. The van der Waals surface area contributed by atoms with Crippen LogP contribution in [-0.2, 0) is 0 Å². The lowest BCUT2D eigenvalue weighted by Crippen LogP contribution is -1.95. The number of anilines is 1. The fourth-order valence-electron chi connectivity index (χ4n) is 1.09. The van der Waals surface area contributed by atoms with Gasteiger partial charge in [-0.25, -0.2) is 0 Å². The molecule has 0 amide bonds. The highest BCUT2D eigenvalue weighted by molar-refractivity contribution is 5.44. The van der Waals surface area contributed by atoms with Crippen molar-refractivity contribution < 1.29 is 4.74 Å². The Bertz CT molecular complexity index is 433. The fraction of sp³-hybridized carbons (Fsp3) is 0.0769. The van der Waals surface area contributed by atoms with Crippen LogP contribution in [0.3, 0.4) is 0 Å². The van der Waals surface area contributed by atoms with E-state index in [2.05, 4.69) is 6.58 Å². The second-order valence-corrected chi connectivity index (χ2v) is 3.27. The van der Waals surface area contributed by atoms with Gasteiger partial charge in [0.2, 0.25) is 0 Å². The zero-order valence-corrected chi connectivity index (χ0v) is 9.31. The van der Waals surface area contributed by atoms with E-state index in [1.54, 1.807) is 24.3 Å². The zero-order valence-electron chi connectivity index (χ0n) is 9.31. The van der Waals surface area contributed by atoms with Gasteiger partial charge < -0.3 is 16.2 Å². The van der Waals surface area contributed by atoms with Crippen molar-refractivity contribution in [3.8, 4) is 5.75 Å². The van der Waals surface area contributed by atoms with Gasteiger partial charge in [0.15, 0.2) is 0 Å². The molecule has 16 heavy (non-hydrogen) atoms. The average Bonchev–Trinajstić information content (AvgIpc) is 2.24. The Balaban J connectivity index is 2.75. The predicted octanol–water partition coefficient (Wildman–Crippen LogP) is 2.58. The van der Waals surface area contributed by atoms with Crippen LogP contribution in [0.2, 0.25) is 0 Å². The number of ether oxygens (including phenoxy) is 1. The molecule has 1 aromatic carbocycles. The number of benzene rings is 1. The first-order valence-electron chi connectivity index (χ1n) is 4.94. The topological polar surface area (TPSA) is 61.3 Å². The molecule has 1 rings (SSSR count). The maximum Gasteiger partial charge on any atom is 0.129 e. The fourth-order valence-corrected chi connectivity index (χ4v) is 1.09. The van der Waals surface area contributed by atoms with E-state index in [-0.39, 0.29) is 0 Å². The first-order valence-corrected chi connectivity index (χ1v) is 4.94. The Morgan fingerprint density at radius 2 is 2.12 bits per heavy atom. The van der Waals surface area contributed by atoms with Crippen LogP contribution in [0.1, 0.15) is 6.92 Å². The largest absolute Gasteiger partial charge is 0.458 e. The molecule has 3 heteroatoms. The molecule has 3 nitrogen and oxygen atoms in total. The monoisotopic (exact) mass is 216 g/mol. The number of allylic oxidation sites excluding steroid dienone is 3. The van der Waals surface area contributed by atoms with Gasteiger partial charge >= 0.3 is 0 Å². The lowest BCUT2D eigenvalue weighted by Gasteiger charge is -2.06. The van der Waals surface area contributed by atoms with Crippen molar-refractivity contribution in [1.82, 2.24) is 0 Å². The van der Waals surface area contributed by atoms with Gasteiger partial charge in [-0.2, -0.15) is 0 Å². The molecule has 0 saturated carbocycles. The normalized spacial score (nSPS) is 11.7. The Morgan fingerprint density at radius 1 is 1.38 bits per heavy atom. The summed E-state index contributed by atoms with van der Waals surface area (Å²) in [6.07, 6.45) is 5.27. The van der Waals surface area contributed by atoms with Crippen molar-refractivity contribution >= 4 is 5.69 Å². The lowest BCUT2D eigenvalue weighted by molar-refractivity contribution is 0.443. The minimum Gasteiger partial charge on any atom is -0.458 e. The summed E-state index contributed by atoms with van der Waals surface area (Å²) in [6.45, 7) is 5.45. The molecule has 0 bridgehead atoms. The lowest BCUT2D eigenvalue weighted by atomic mass is 10.3. The number of hydrogen-bond acceptors (Lipinski definition) is 3. The van der Waals surface area contributed by atoms with Gasteiger partial charge in [-0.05, 0) is 37.3 Å². The van der Waals surface area contributed by atoms with Crippen molar-refractivity contribution in [2.24, 2.45) is 5.73 Å². The summed E-state index contributed by atoms with van der Waals surface area (Å²) in [7, 11) is 0. The highest BCUT2D eigenvalue weighted by atomic mass is 16.5. The molecule has 0 atom stereocenters. The van der Waals surface area contributed by atoms with Crippen LogP contribution in [0.15, 0.2) is 60.5 Å². The molecule has 0 heterocycles. The zero-order chi connectivity index (χ0) is 12.0. The van der Waals surface area contributed by atoms with Crippen molar-refractivity contribution in [1.29, 1.82) is 0 Å². The van der Waals surface area contributed by atoms with Crippen LogP contribution in [0.25, 0.3) is 0 Å². The molecule has 1 aromatic rings. The van der Waals surface area contributed by atoms with E-state index in [1.165, 1.54) is 0 Å². The molecular formula is C13H16N2O. The van der Waals surface area contributed by atoms with E-state index in [4.69, 9.17) is 16.2 Å². The Hall–Kier alpha value is -2.16. The quantitative estimate of drug-likeness (QED) is 0.462. The molecule has 0 saturated heterocycles. The molecule has 0 aliphatic heterocycles. The van der Waals surface area contributed by atoms with Crippen LogP contribution in [0, 0.1) is 0 Å². The summed E-state index contributed by atoms with van der Waals surface area (Å²) >= 11 is 0. The van der Waals surface area contributed by atoms with Gasteiger partial charge in [-0.15, -0.1) is 0 Å². The molecule has 0 unspecified atom stereocenters. The summed E-state index contributed by atoms with van der Waals surface area (Å²) in [4.78, 5) is 0. The summed E-state index contributed by atoms with van der Waals surface area (Å²) in [6, 6.07) is 7.24. The Labute approximate surface area is 95.7 Å². The number of nitrogens with two attached hydrogens (primary N) is 2. The summed E-state index contributed by atoms with van der Waals surface area (Å²) in [5, 5.41) is 0. The molecule has 0 radical (unpaired) electrons. The SMILES string of the molecule is C=C(N)/C=C\C(=C/C)Oc1cccc(N)c1. The van der Waals surface area contributed by atoms with Gasteiger partial charge in [-0.3, -0.25) is 0 Å². The minimum absolute atomic E-state index is 0.482. The van der Waals surface area contributed by atoms with E-state index < -0.39 is 0 Å². The van der Waals surface area contributed by atoms with Crippen LogP contribution < -0.4 is 16.2 Å². The van der Waals surface area contributed by atoms with Crippen molar-refractivity contribution in [3.05, 3.63) is 60.5 Å². The molecule has 0 aliphatic rings. The maximum absolute atomic E-state index is 5.65. The number of nitrogen functional groups attached to an aromatic ring is 1. The highest BCUT2D eigenvalue weighted by Gasteiger charge is 1.96. The second-order valence-electron chi connectivity index (χ2n) is 3.27. The molecule has 0 fully saturated rings. The highest BCUT2D eigenvalue weighted by Crippen LogP contribution is 2.17. The van der Waals surface area contributed by atoms with Gasteiger partial charge in [0.05, 0.1) is 0 Å². The summed E-state index contributed by atoms with van der Waals surface area (Å²) in [5.41, 5.74) is 12.2. The standard InChI is InChI=1S/C13H16N2O/c1-3-12(8-7-10(2)14)16-13-6-4-5-11(15)9-13/h3-9H,2,14-15H2,1H3/b8-7-,12-3+. The third-order valence-electron chi connectivity index (χ3n) is 1.84. The predicted molar refractivity (Wildman–Crippen MR) is 67.7 cm³/mol. The summed E-state index contributed by atoms with van der Waals surface area (Å²) in [5.74, 6) is 1.39. The minimum atomic E-state index is 0.482. The second kappa shape index (κ2) is 5.66. The molecule has 84 valence electrons. The molecule has 0 aliphatic carbocycles. The Kier molecular flexibility index (Phi) is 4.21. The van der Waals surface area contributed by atoms with Gasteiger partial charge in [-0.1, -0.05) is 12.6 Å². The van der Waals surface area contributed by atoms with Crippen molar-refractivity contribution in [3.63, 3.8) is 0 Å². The van der Waals surface area contributed by atoms with Crippen molar-refractivity contribution in [2.75, 3.05) is 5.73 Å². The van der Waals surface area contributed by atoms with Gasteiger partial charge in [0.25, 0.3) is 0 Å². The third kappa shape index (κ3) is 3.92. The average molecular weight is 216 g/mol. The number of hydrogen-bond donors (Lipinski definition) is 2. The molecular weight excluding hydrogens is 200 g/mol. The van der Waals surface area contributed by atoms with E-state index in [0.717, 1.165) is 0 Å². The van der Waals surface area contributed by atoms with E-state index in [1.807, 2.05) is 25.1 Å². The van der Waals surface area contributed by atoms with Crippen LogP contribution >= 0.6 is 0 Å². The first-order chi connectivity index (χ1) is 7.61. The van der Waals surface area contributed by atoms with E-state index in [0.29, 0.717) is 22.9 Å². The van der Waals surface area contributed by atoms with Gasteiger partial charge in [0, 0.05) is 17.5 Å². The maximum atomic E-state index is 5.65. The summed E-state index contributed by atoms with van der Waals surface area (Å²) < 4.78 is 5.59. The van der Waals surface area contributed by atoms with E-state index >= 15 is 0 Å². The molecule has 4 N–H and O–H groups in total. The van der Waals surface area contributed by atoms with Crippen molar-refractivity contribution in [2.45, 2.75) is 6.92 Å². The van der Waals surface area contributed by atoms with Crippen LogP contribution in [0.4, 0.5) is 5.69 Å². The number of rotatable bonds is 4. The van der Waals surface area contributed by atoms with E-state index in [9.17, 15) is 0 Å². The smallest absolute Gasteiger partial charge is 0.129 e. The first kappa shape index (κ1) is 11.9. The van der Waals surface area contributed by atoms with Gasteiger partial charge in [0.1, 0.15) is 11.5 Å². The Morgan fingerprint density at radius 3 is 2.69 bits per heavy atom. The molecule has 0 spiro atoms. The van der Waals surface area contributed by atoms with Crippen LogP contribution in [0.5, 0.6) is 5.75 Å².